The fourth-order valence-corrected chi connectivity index (χ4v) is 6.80. The number of fused-ring (bicyclic) bond motifs is 3. The van der Waals surface area contributed by atoms with Crippen LogP contribution in [-0.4, -0.2) is 13.1 Å². The third-order valence-corrected chi connectivity index (χ3v) is 8.35. The van der Waals surface area contributed by atoms with Crippen LogP contribution in [0.3, 0.4) is 0 Å². The highest BCUT2D eigenvalue weighted by atomic mass is 35.5. The number of carbonyl (C=O) groups excluding carboxylic acids is 1. The smallest absolute Gasteiger partial charge is 0.343 e. The van der Waals surface area contributed by atoms with Gasteiger partial charge in [0.25, 0.3) is 0 Å². The zero-order chi connectivity index (χ0) is 28.0. The van der Waals surface area contributed by atoms with Gasteiger partial charge in [0.2, 0.25) is 0 Å². The van der Waals surface area contributed by atoms with Crippen LogP contribution in [-0.2, 0) is 5.41 Å². The van der Waals surface area contributed by atoms with Crippen molar-refractivity contribution in [1.82, 2.24) is 0 Å². The van der Waals surface area contributed by atoms with Crippen molar-refractivity contribution >= 4 is 52.4 Å². The molecule has 0 heterocycles. The van der Waals surface area contributed by atoms with Crippen molar-refractivity contribution < 1.29 is 14.3 Å². The average molecular weight is 606 g/mol. The molecule has 1 aliphatic rings. The average Bonchev–Trinajstić information content (AvgIpc) is 3.26. The number of rotatable bonds is 5. The first-order valence-electron chi connectivity index (χ1n) is 12.4. The maximum absolute atomic E-state index is 12.8. The molecule has 0 aliphatic heterocycles. The molecular formula is C33H20Cl4O3. The molecule has 0 spiro atoms. The molecule has 0 amide bonds. The monoisotopic (exact) mass is 604 g/mol. The van der Waals surface area contributed by atoms with Gasteiger partial charge in [0.05, 0.1) is 38.2 Å². The van der Waals surface area contributed by atoms with Gasteiger partial charge in [-0.3, -0.25) is 0 Å². The molecule has 0 aromatic heterocycles. The van der Waals surface area contributed by atoms with E-state index in [2.05, 4.69) is 24.3 Å². The van der Waals surface area contributed by atoms with Gasteiger partial charge in [0, 0.05) is 0 Å². The second-order valence-electron chi connectivity index (χ2n) is 9.34. The molecule has 7 heteroatoms. The summed E-state index contributed by atoms with van der Waals surface area (Å²) in [6, 6.07) is 32.3. The largest absolute Gasteiger partial charge is 0.494 e. The predicted molar refractivity (Wildman–Crippen MR) is 162 cm³/mol. The molecule has 0 unspecified atom stereocenters. The van der Waals surface area contributed by atoms with Crippen molar-refractivity contribution in [2.45, 2.75) is 5.41 Å². The van der Waals surface area contributed by atoms with Crippen LogP contribution in [0.15, 0.2) is 103 Å². The Kier molecular flexibility index (Phi) is 7.02. The maximum Gasteiger partial charge on any atom is 0.343 e. The lowest BCUT2D eigenvalue weighted by molar-refractivity contribution is 0.0735. The third kappa shape index (κ3) is 4.17. The van der Waals surface area contributed by atoms with Gasteiger partial charge in [-0.25, -0.2) is 4.79 Å². The highest BCUT2D eigenvalue weighted by Crippen LogP contribution is 2.58. The topological polar surface area (TPSA) is 35.5 Å². The molecule has 5 aromatic rings. The molecule has 0 radical (unpaired) electrons. The molecule has 1 aliphatic carbocycles. The Morgan fingerprint density at radius 1 is 0.600 bits per heavy atom. The minimum Gasteiger partial charge on any atom is -0.494 e. The number of hydrogen-bond donors (Lipinski definition) is 0. The molecule has 3 nitrogen and oxygen atoms in total. The van der Waals surface area contributed by atoms with Gasteiger partial charge in [-0.05, 0) is 69.8 Å². The first-order chi connectivity index (χ1) is 19.4. The lowest BCUT2D eigenvalue weighted by atomic mass is 9.67. The SMILES string of the molecule is COc1c(Cl)cc(C2(c3cc(Cl)c(OC(=O)c4ccccc4)c(Cl)c3)c3ccccc3-c3ccccc32)cc1Cl. The lowest BCUT2D eigenvalue weighted by Crippen LogP contribution is -2.29. The summed E-state index contributed by atoms with van der Waals surface area (Å²) in [4.78, 5) is 12.8. The summed E-state index contributed by atoms with van der Waals surface area (Å²) < 4.78 is 11.1. The highest BCUT2D eigenvalue weighted by molar-refractivity contribution is 6.38. The van der Waals surface area contributed by atoms with E-state index in [0.717, 1.165) is 33.4 Å². The van der Waals surface area contributed by atoms with Crippen LogP contribution in [0.2, 0.25) is 20.1 Å². The highest BCUT2D eigenvalue weighted by Gasteiger charge is 2.47. The van der Waals surface area contributed by atoms with E-state index < -0.39 is 11.4 Å². The van der Waals surface area contributed by atoms with Crippen molar-refractivity contribution in [2.24, 2.45) is 0 Å². The first kappa shape index (κ1) is 26.7. The van der Waals surface area contributed by atoms with E-state index in [-0.39, 0.29) is 15.8 Å². The van der Waals surface area contributed by atoms with Crippen molar-refractivity contribution in [3.63, 3.8) is 0 Å². The molecule has 0 saturated heterocycles. The Bertz CT molecular complexity index is 1690. The Labute approximate surface area is 251 Å². The summed E-state index contributed by atoms with van der Waals surface area (Å²) in [6.45, 7) is 0. The summed E-state index contributed by atoms with van der Waals surface area (Å²) in [5.74, 6) is -0.0837. The summed E-state index contributed by atoms with van der Waals surface area (Å²) in [5, 5.41) is 1.13. The van der Waals surface area contributed by atoms with Gasteiger partial charge < -0.3 is 9.47 Å². The molecule has 198 valence electrons. The van der Waals surface area contributed by atoms with Gasteiger partial charge in [0.1, 0.15) is 0 Å². The van der Waals surface area contributed by atoms with Crippen LogP contribution in [0.4, 0.5) is 0 Å². The van der Waals surface area contributed by atoms with Gasteiger partial charge in [0.15, 0.2) is 11.5 Å². The lowest BCUT2D eigenvalue weighted by Gasteiger charge is -2.34. The number of benzene rings is 5. The molecule has 5 aromatic carbocycles. The molecule has 40 heavy (non-hydrogen) atoms. The second-order valence-corrected chi connectivity index (χ2v) is 11.0. The molecule has 0 N–H and O–H groups in total. The minimum atomic E-state index is -0.887. The summed E-state index contributed by atoms with van der Waals surface area (Å²) in [7, 11) is 1.53. The Morgan fingerprint density at radius 3 is 1.50 bits per heavy atom. The second kappa shape index (κ2) is 10.5. The van der Waals surface area contributed by atoms with Crippen LogP contribution in [0.25, 0.3) is 11.1 Å². The van der Waals surface area contributed by atoms with Crippen LogP contribution in [0.5, 0.6) is 11.5 Å². The van der Waals surface area contributed by atoms with Gasteiger partial charge >= 0.3 is 5.97 Å². The summed E-state index contributed by atoms with van der Waals surface area (Å²) >= 11 is 27.1. The number of ether oxygens (including phenoxy) is 2. The van der Waals surface area contributed by atoms with Crippen LogP contribution in [0.1, 0.15) is 32.6 Å². The van der Waals surface area contributed by atoms with Gasteiger partial charge in [-0.1, -0.05) is 113 Å². The summed E-state index contributed by atoms with van der Waals surface area (Å²) in [5.41, 5.74) is 5.21. The van der Waals surface area contributed by atoms with E-state index in [9.17, 15) is 4.79 Å². The number of halogens is 4. The zero-order valence-electron chi connectivity index (χ0n) is 21.1. The standard InChI is InChI=1S/C33H20Cl4O3/c1-39-30-26(34)15-20(16-27(30)35)33(24-13-7-5-11-22(24)23-12-6-8-14-25(23)33)21-17-28(36)31(29(37)18-21)40-32(38)19-9-3-2-4-10-19/h2-18H,1H3. The number of carbonyl (C=O) groups is 1. The maximum atomic E-state index is 12.8. The quantitative estimate of drug-likeness (QED) is 0.145. The van der Waals surface area contributed by atoms with Gasteiger partial charge in [-0.2, -0.15) is 0 Å². The van der Waals surface area contributed by atoms with E-state index in [1.807, 2.05) is 42.5 Å². The molecule has 0 fully saturated rings. The van der Waals surface area contributed by atoms with Crippen molar-refractivity contribution in [2.75, 3.05) is 7.11 Å². The molecule has 0 bridgehead atoms. The first-order valence-corrected chi connectivity index (χ1v) is 13.9. The van der Waals surface area contributed by atoms with E-state index in [0.29, 0.717) is 21.4 Å². The van der Waals surface area contributed by atoms with Crippen LogP contribution >= 0.6 is 46.4 Å². The molecular weight excluding hydrogens is 586 g/mol. The predicted octanol–water partition coefficient (Wildman–Crippen LogP) is 9.89. The normalized spacial score (nSPS) is 12.9. The van der Waals surface area contributed by atoms with E-state index >= 15 is 0 Å². The van der Waals surface area contributed by atoms with Crippen molar-refractivity contribution in [1.29, 1.82) is 0 Å². The Balaban J connectivity index is 1.61. The fourth-order valence-electron chi connectivity index (χ4n) is 5.59. The van der Waals surface area contributed by atoms with Crippen molar-refractivity contribution in [3.8, 4) is 22.6 Å². The Morgan fingerprint density at radius 2 is 1.02 bits per heavy atom. The van der Waals surface area contributed by atoms with E-state index in [1.54, 1.807) is 36.4 Å². The van der Waals surface area contributed by atoms with Crippen LogP contribution in [0, 0.1) is 0 Å². The summed E-state index contributed by atoms with van der Waals surface area (Å²) in [6.07, 6.45) is 0. The number of hydrogen-bond acceptors (Lipinski definition) is 3. The third-order valence-electron chi connectivity index (χ3n) is 7.22. The molecule has 0 saturated carbocycles. The Hall–Kier alpha value is -3.47. The van der Waals surface area contributed by atoms with Crippen molar-refractivity contribution in [3.05, 3.63) is 151 Å². The molecule has 0 atom stereocenters. The van der Waals surface area contributed by atoms with Gasteiger partial charge in [-0.15, -0.1) is 0 Å². The fraction of sp³-hybridized carbons (Fsp3) is 0.0606. The minimum absolute atomic E-state index is 0.0847. The van der Waals surface area contributed by atoms with Crippen LogP contribution < -0.4 is 9.47 Å². The number of esters is 1. The molecule has 6 rings (SSSR count). The zero-order valence-corrected chi connectivity index (χ0v) is 24.1. The van der Waals surface area contributed by atoms with E-state index in [4.69, 9.17) is 55.9 Å². The number of methoxy groups -OCH3 is 1. The van der Waals surface area contributed by atoms with E-state index in [1.165, 1.54) is 7.11 Å².